The zero-order valence-corrected chi connectivity index (χ0v) is 22.3. The van der Waals surface area contributed by atoms with E-state index in [2.05, 4.69) is 15.9 Å². The number of thioether (sulfide) groups is 1. The number of methoxy groups -OCH3 is 2. The minimum atomic E-state index is -0.538. The molecule has 0 N–H and O–H groups in total. The Morgan fingerprint density at radius 1 is 0.919 bits per heavy atom. The number of amides is 2. The summed E-state index contributed by atoms with van der Waals surface area (Å²) in [5.74, 6) is 0.677. The molecule has 190 valence electrons. The van der Waals surface area contributed by atoms with Crippen molar-refractivity contribution in [3.63, 3.8) is 0 Å². The monoisotopic (exact) mass is 583 g/mol. The number of halogens is 1. The number of hydrogen-bond donors (Lipinski definition) is 0. The maximum absolute atomic E-state index is 12.9. The van der Waals surface area contributed by atoms with E-state index >= 15 is 0 Å². The highest BCUT2D eigenvalue weighted by Crippen LogP contribution is 2.35. The Labute approximate surface area is 226 Å². The van der Waals surface area contributed by atoms with E-state index < -0.39 is 11.9 Å². The normalized spacial score (nSPS) is 14.1. The Kier molecular flexibility index (Phi) is 8.52. The highest BCUT2D eigenvalue weighted by molar-refractivity contribution is 9.10. The Morgan fingerprint density at radius 3 is 2.41 bits per heavy atom. The van der Waals surface area contributed by atoms with Crippen molar-refractivity contribution in [1.29, 1.82) is 0 Å². The first-order valence-corrected chi connectivity index (χ1v) is 12.7. The van der Waals surface area contributed by atoms with Crippen LogP contribution < -0.4 is 18.9 Å². The second kappa shape index (κ2) is 12.0. The van der Waals surface area contributed by atoms with E-state index in [0.29, 0.717) is 28.4 Å². The summed E-state index contributed by atoms with van der Waals surface area (Å²) in [6, 6.07) is 18.9. The lowest BCUT2D eigenvalue weighted by Gasteiger charge is -2.14. The molecular formula is C27H22BrNO7S. The van der Waals surface area contributed by atoms with Gasteiger partial charge in [-0.1, -0.05) is 40.2 Å². The zero-order valence-electron chi connectivity index (χ0n) is 19.9. The van der Waals surface area contributed by atoms with Crippen LogP contribution >= 0.6 is 27.7 Å². The number of imide groups is 1. The zero-order chi connectivity index (χ0) is 26.4. The van der Waals surface area contributed by atoms with Gasteiger partial charge in [-0.3, -0.25) is 14.5 Å². The van der Waals surface area contributed by atoms with Gasteiger partial charge in [0, 0.05) is 4.47 Å². The van der Waals surface area contributed by atoms with Crippen molar-refractivity contribution in [2.75, 3.05) is 27.4 Å². The number of hydrogen-bond acceptors (Lipinski definition) is 8. The minimum absolute atomic E-state index is 0.0911. The molecule has 1 heterocycles. The highest BCUT2D eigenvalue weighted by atomic mass is 79.9. The summed E-state index contributed by atoms with van der Waals surface area (Å²) in [5.41, 5.74) is 0.985. The molecule has 0 atom stereocenters. The van der Waals surface area contributed by atoms with E-state index in [-0.39, 0.29) is 29.0 Å². The summed E-state index contributed by atoms with van der Waals surface area (Å²) in [4.78, 5) is 39.2. The average molecular weight is 584 g/mol. The van der Waals surface area contributed by atoms with E-state index in [4.69, 9.17) is 18.9 Å². The molecule has 1 saturated heterocycles. The standard InChI is InChI=1S/C27H22BrNO7S/c1-33-20-8-3-4-9-21(20)35-13-12-29-25(30)24(37-27(29)32)15-17-10-11-22(23(14-17)34-2)36-26(31)18-6-5-7-19(28)16-18/h3-11,14-16H,12-13H2,1-2H3/b24-15-. The second-order valence-electron chi connectivity index (χ2n) is 7.64. The van der Waals surface area contributed by atoms with Gasteiger partial charge in [0.05, 0.1) is 31.2 Å². The number of para-hydroxylation sites is 2. The largest absolute Gasteiger partial charge is 0.493 e. The van der Waals surface area contributed by atoms with Gasteiger partial charge in [-0.2, -0.15) is 0 Å². The molecule has 0 aliphatic carbocycles. The Hall–Kier alpha value is -3.76. The predicted octanol–water partition coefficient (Wildman–Crippen LogP) is 5.80. The molecule has 1 fully saturated rings. The first-order chi connectivity index (χ1) is 17.9. The number of benzene rings is 3. The molecule has 1 aliphatic rings. The molecule has 1 aliphatic heterocycles. The van der Waals surface area contributed by atoms with Crippen LogP contribution in [0, 0.1) is 0 Å². The number of nitrogens with zero attached hydrogens (tertiary/aromatic N) is 1. The first kappa shape index (κ1) is 26.3. The lowest BCUT2D eigenvalue weighted by molar-refractivity contribution is -0.123. The van der Waals surface area contributed by atoms with E-state index in [1.54, 1.807) is 60.7 Å². The van der Waals surface area contributed by atoms with Gasteiger partial charge in [0.25, 0.3) is 11.1 Å². The Balaban J connectivity index is 1.43. The average Bonchev–Trinajstić information content (AvgIpc) is 3.17. The van der Waals surface area contributed by atoms with Crippen LogP contribution in [0.3, 0.4) is 0 Å². The third-order valence-electron chi connectivity index (χ3n) is 5.26. The molecule has 3 aromatic carbocycles. The number of carbonyl (C=O) groups is 3. The number of esters is 1. The fourth-order valence-electron chi connectivity index (χ4n) is 3.46. The SMILES string of the molecule is COc1ccccc1OCCN1C(=O)S/C(=C\c2ccc(OC(=O)c3cccc(Br)c3)c(OC)c2)C1=O. The number of rotatable bonds is 9. The van der Waals surface area contributed by atoms with Crippen LogP contribution in [0.1, 0.15) is 15.9 Å². The van der Waals surface area contributed by atoms with Crippen molar-refractivity contribution in [3.05, 3.63) is 87.2 Å². The molecule has 8 nitrogen and oxygen atoms in total. The predicted molar refractivity (Wildman–Crippen MR) is 143 cm³/mol. The molecule has 37 heavy (non-hydrogen) atoms. The van der Waals surface area contributed by atoms with Gasteiger partial charge in [0.15, 0.2) is 23.0 Å². The van der Waals surface area contributed by atoms with E-state index in [1.807, 2.05) is 12.1 Å². The quantitative estimate of drug-likeness (QED) is 0.177. The molecule has 4 rings (SSSR count). The van der Waals surface area contributed by atoms with Gasteiger partial charge in [-0.25, -0.2) is 4.79 Å². The summed E-state index contributed by atoms with van der Waals surface area (Å²) >= 11 is 4.18. The van der Waals surface area contributed by atoms with Crippen molar-refractivity contribution in [2.45, 2.75) is 0 Å². The van der Waals surface area contributed by atoms with Crippen LogP contribution in [0.2, 0.25) is 0 Å². The lowest BCUT2D eigenvalue weighted by Crippen LogP contribution is -2.32. The molecule has 0 radical (unpaired) electrons. The Bertz CT molecular complexity index is 1370. The molecule has 0 aromatic heterocycles. The molecular weight excluding hydrogens is 562 g/mol. The van der Waals surface area contributed by atoms with Gasteiger partial charge in [0.1, 0.15) is 6.61 Å². The highest BCUT2D eigenvalue weighted by Gasteiger charge is 2.35. The second-order valence-corrected chi connectivity index (χ2v) is 9.55. The summed E-state index contributed by atoms with van der Waals surface area (Å²) in [6.45, 7) is 0.214. The van der Waals surface area contributed by atoms with Crippen LogP contribution in [0.5, 0.6) is 23.0 Å². The van der Waals surface area contributed by atoms with Crippen LogP contribution in [-0.4, -0.2) is 49.4 Å². The van der Waals surface area contributed by atoms with E-state index in [1.165, 1.54) is 14.2 Å². The third-order valence-corrected chi connectivity index (χ3v) is 6.66. The number of carbonyl (C=O) groups excluding carboxylic acids is 3. The van der Waals surface area contributed by atoms with Crippen molar-refractivity contribution in [1.82, 2.24) is 4.90 Å². The van der Waals surface area contributed by atoms with Gasteiger partial charge in [0.2, 0.25) is 0 Å². The summed E-state index contributed by atoms with van der Waals surface area (Å²) in [7, 11) is 2.99. The number of ether oxygens (including phenoxy) is 4. The topological polar surface area (TPSA) is 91.4 Å². The van der Waals surface area contributed by atoms with Crippen molar-refractivity contribution in [2.24, 2.45) is 0 Å². The van der Waals surface area contributed by atoms with Gasteiger partial charge in [-0.15, -0.1) is 0 Å². The fourth-order valence-corrected chi connectivity index (χ4v) is 4.73. The molecule has 0 saturated carbocycles. The molecule has 2 amide bonds. The summed E-state index contributed by atoms with van der Waals surface area (Å²) in [6.07, 6.45) is 1.59. The fraction of sp³-hybridized carbons (Fsp3) is 0.148. The van der Waals surface area contributed by atoms with Crippen molar-refractivity contribution in [3.8, 4) is 23.0 Å². The molecule has 0 spiro atoms. The molecule has 10 heteroatoms. The van der Waals surface area contributed by atoms with Crippen LogP contribution in [0.4, 0.5) is 4.79 Å². The van der Waals surface area contributed by atoms with Gasteiger partial charge >= 0.3 is 5.97 Å². The lowest BCUT2D eigenvalue weighted by atomic mass is 10.1. The van der Waals surface area contributed by atoms with Crippen molar-refractivity contribution >= 4 is 50.9 Å². The summed E-state index contributed by atoms with van der Waals surface area (Å²) < 4.78 is 22.6. The third kappa shape index (κ3) is 6.33. The maximum Gasteiger partial charge on any atom is 0.343 e. The molecule has 3 aromatic rings. The maximum atomic E-state index is 12.9. The van der Waals surface area contributed by atoms with E-state index in [9.17, 15) is 14.4 Å². The van der Waals surface area contributed by atoms with Crippen LogP contribution in [-0.2, 0) is 4.79 Å². The van der Waals surface area contributed by atoms with Crippen molar-refractivity contribution < 1.29 is 33.3 Å². The smallest absolute Gasteiger partial charge is 0.343 e. The Morgan fingerprint density at radius 2 is 1.68 bits per heavy atom. The minimum Gasteiger partial charge on any atom is -0.493 e. The van der Waals surface area contributed by atoms with Crippen LogP contribution in [0.15, 0.2) is 76.1 Å². The molecule has 0 unspecified atom stereocenters. The van der Waals surface area contributed by atoms with Gasteiger partial charge < -0.3 is 18.9 Å². The van der Waals surface area contributed by atoms with E-state index in [0.717, 1.165) is 21.1 Å². The first-order valence-electron chi connectivity index (χ1n) is 11.1. The van der Waals surface area contributed by atoms with Gasteiger partial charge in [-0.05, 0) is 65.9 Å². The summed E-state index contributed by atoms with van der Waals surface area (Å²) in [5, 5.41) is -0.383. The van der Waals surface area contributed by atoms with Crippen LogP contribution in [0.25, 0.3) is 6.08 Å². The molecule has 0 bridgehead atoms.